The highest BCUT2D eigenvalue weighted by Gasteiger charge is 2.21. The number of carbonyl (C=O) groups excluding carboxylic acids is 3. The molecule has 0 aliphatic carbocycles. The molecule has 3 N–H and O–H groups in total. The Balaban J connectivity index is 2.43. The van der Waals surface area contributed by atoms with E-state index in [4.69, 9.17) is 24.4 Å². The molecular formula is C44H79N3O9. The van der Waals surface area contributed by atoms with E-state index in [0.29, 0.717) is 12.1 Å². The van der Waals surface area contributed by atoms with Crippen LogP contribution in [0.25, 0.3) is 0 Å². The first-order chi connectivity index (χ1) is 27.3. The van der Waals surface area contributed by atoms with E-state index in [1.165, 1.54) is 141 Å². The van der Waals surface area contributed by atoms with Crippen molar-refractivity contribution in [2.75, 3.05) is 19.8 Å². The summed E-state index contributed by atoms with van der Waals surface area (Å²) in [4.78, 5) is 66.2. The van der Waals surface area contributed by atoms with E-state index in [2.05, 4.69) is 29.1 Å². The number of esters is 2. The van der Waals surface area contributed by atoms with Gasteiger partial charge in [0.25, 0.3) is 0 Å². The van der Waals surface area contributed by atoms with E-state index in [1.54, 1.807) is 0 Å². The molecule has 0 saturated heterocycles. The fourth-order valence-electron chi connectivity index (χ4n) is 6.59. The fourth-order valence-corrected chi connectivity index (χ4v) is 6.59. The number of imidazole rings is 1. The summed E-state index contributed by atoms with van der Waals surface area (Å²) in [7, 11) is 0. The Labute approximate surface area is 338 Å². The molecule has 12 heteroatoms. The van der Waals surface area contributed by atoms with Gasteiger partial charge >= 0.3 is 17.9 Å². The zero-order valence-corrected chi connectivity index (χ0v) is 35.3. The molecule has 0 aliphatic heterocycles. The van der Waals surface area contributed by atoms with E-state index < -0.39 is 24.0 Å². The lowest BCUT2D eigenvalue weighted by molar-refractivity contribution is -0.310. The number of aromatic nitrogens is 2. The van der Waals surface area contributed by atoms with Gasteiger partial charge in [-0.2, -0.15) is 0 Å². The summed E-state index contributed by atoms with van der Waals surface area (Å²) in [6.45, 7) is 4.04. The number of carbonyl (C=O) groups is 4. The minimum absolute atomic E-state index is 0.126. The predicted molar refractivity (Wildman–Crippen MR) is 220 cm³/mol. The van der Waals surface area contributed by atoms with Gasteiger partial charge in [-0.1, -0.05) is 168 Å². The highest BCUT2D eigenvalue weighted by atomic mass is 17.2. The molecule has 0 bridgehead atoms. The first-order valence-electron chi connectivity index (χ1n) is 22.4. The molecule has 1 rings (SSSR count). The number of carboxylic acids is 1. The summed E-state index contributed by atoms with van der Waals surface area (Å²) in [6.07, 6.45) is 33.9. The molecule has 0 radical (unpaired) electrons. The number of hydrogen-bond donors (Lipinski definition) is 3. The van der Waals surface area contributed by atoms with Gasteiger partial charge in [0.1, 0.15) is 19.8 Å². The summed E-state index contributed by atoms with van der Waals surface area (Å²) < 4.78 is 11.2. The van der Waals surface area contributed by atoms with Crippen LogP contribution in [0.2, 0.25) is 0 Å². The second-order valence-corrected chi connectivity index (χ2v) is 15.4. The van der Waals surface area contributed by atoms with Crippen LogP contribution < -0.4 is 5.32 Å². The first-order valence-corrected chi connectivity index (χ1v) is 22.4. The lowest BCUT2D eigenvalue weighted by Crippen LogP contribution is -2.33. The summed E-state index contributed by atoms with van der Waals surface area (Å²) in [5.74, 6) is -2.26. The average molecular weight is 794 g/mol. The van der Waals surface area contributed by atoms with Crippen molar-refractivity contribution < 1.29 is 43.5 Å². The second kappa shape index (κ2) is 37.6. The van der Waals surface area contributed by atoms with E-state index in [9.17, 15) is 19.2 Å². The standard InChI is InChI=1S/C44H79N3O9/c1-3-5-7-9-11-13-15-17-19-21-23-25-27-29-43(51)53-34-38(56-44(52)30-28-26-24-22-20-18-16-14-12-10-8-6-4-2)35-54-55-36-40(39-33-45-37-46-39)47-41(48)31-32-42(49)50/h33,37-38,40H,3-32,34-36H2,1-2H3,(H,45,46)(H,47,48)(H,49,50). The van der Waals surface area contributed by atoms with Crippen molar-refractivity contribution in [1.29, 1.82) is 0 Å². The minimum atomic E-state index is -1.07. The third-order valence-electron chi connectivity index (χ3n) is 10.1. The molecule has 2 atom stereocenters. The van der Waals surface area contributed by atoms with Crippen molar-refractivity contribution in [2.24, 2.45) is 0 Å². The molecule has 12 nitrogen and oxygen atoms in total. The zero-order valence-electron chi connectivity index (χ0n) is 35.3. The molecule has 0 aromatic carbocycles. The molecule has 1 aromatic rings. The van der Waals surface area contributed by atoms with E-state index in [-0.39, 0.29) is 51.0 Å². The number of nitrogens with zero attached hydrogens (tertiary/aromatic N) is 1. The molecule has 324 valence electrons. The SMILES string of the molecule is CCCCCCCCCCCCCCCC(=O)OCC(COOCC(NC(=O)CCC(=O)O)c1cnc[nH]1)OC(=O)CCCCCCCCCCCCCCC. The first kappa shape index (κ1) is 51.0. The van der Waals surface area contributed by atoms with Crippen molar-refractivity contribution >= 4 is 23.8 Å². The predicted octanol–water partition coefficient (Wildman–Crippen LogP) is 10.8. The topological polar surface area (TPSA) is 166 Å². The van der Waals surface area contributed by atoms with Crippen LogP contribution in [0.4, 0.5) is 0 Å². The summed E-state index contributed by atoms with van der Waals surface area (Å²) >= 11 is 0. The lowest BCUT2D eigenvalue weighted by Gasteiger charge is -2.20. The van der Waals surface area contributed by atoms with Crippen LogP contribution >= 0.6 is 0 Å². The molecule has 0 saturated carbocycles. The molecule has 0 spiro atoms. The molecule has 0 fully saturated rings. The Morgan fingerprint density at radius 3 is 1.48 bits per heavy atom. The van der Waals surface area contributed by atoms with Crippen LogP contribution in [0.5, 0.6) is 0 Å². The van der Waals surface area contributed by atoms with E-state index in [0.717, 1.165) is 38.5 Å². The summed E-state index contributed by atoms with van der Waals surface area (Å²) in [5, 5.41) is 11.6. The van der Waals surface area contributed by atoms with E-state index in [1.807, 2.05) is 0 Å². The van der Waals surface area contributed by atoms with Crippen LogP contribution in [-0.4, -0.2) is 64.8 Å². The Morgan fingerprint density at radius 2 is 1.04 bits per heavy atom. The highest BCUT2D eigenvalue weighted by Crippen LogP contribution is 2.16. The smallest absolute Gasteiger partial charge is 0.306 e. The van der Waals surface area contributed by atoms with Crippen LogP contribution in [0.1, 0.15) is 218 Å². The highest BCUT2D eigenvalue weighted by molar-refractivity contribution is 5.80. The number of aliphatic carboxylic acids is 1. The largest absolute Gasteiger partial charge is 0.481 e. The third-order valence-corrected chi connectivity index (χ3v) is 10.1. The Hall–Kier alpha value is -2.99. The monoisotopic (exact) mass is 794 g/mol. The number of amides is 1. The van der Waals surface area contributed by atoms with Crippen LogP contribution in [0, 0.1) is 0 Å². The third kappa shape index (κ3) is 32.1. The quantitative estimate of drug-likeness (QED) is 0.0251. The molecule has 0 aliphatic rings. The van der Waals surface area contributed by atoms with Crippen LogP contribution in [0.3, 0.4) is 0 Å². The Morgan fingerprint density at radius 1 is 0.589 bits per heavy atom. The van der Waals surface area contributed by atoms with Crippen molar-refractivity contribution in [2.45, 2.75) is 219 Å². The maximum atomic E-state index is 12.8. The van der Waals surface area contributed by atoms with Gasteiger partial charge in [-0.25, -0.2) is 14.8 Å². The summed E-state index contributed by atoms with van der Waals surface area (Å²) in [6, 6.07) is -0.687. The zero-order chi connectivity index (χ0) is 40.7. The number of rotatable bonds is 41. The number of hydrogen-bond acceptors (Lipinski definition) is 9. The molecule has 1 aromatic heterocycles. The number of aromatic amines is 1. The Bertz CT molecular complexity index is 1090. The molecule has 2 unspecified atom stereocenters. The fraction of sp³-hybridized carbons (Fsp3) is 0.841. The number of ether oxygens (including phenoxy) is 2. The second-order valence-electron chi connectivity index (χ2n) is 15.4. The maximum absolute atomic E-state index is 12.8. The van der Waals surface area contributed by atoms with Crippen molar-refractivity contribution in [3.63, 3.8) is 0 Å². The lowest BCUT2D eigenvalue weighted by atomic mass is 10.0. The number of H-pyrrole nitrogens is 1. The number of unbranched alkanes of at least 4 members (excludes halogenated alkanes) is 24. The van der Waals surface area contributed by atoms with Gasteiger partial charge in [0, 0.05) is 19.3 Å². The molecular weight excluding hydrogens is 714 g/mol. The average Bonchev–Trinajstić information content (AvgIpc) is 3.73. The van der Waals surface area contributed by atoms with Gasteiger partial charge in [0.15, 0.2) is 6.10 Å². The molecule has 1 heterocycles. The van der Waals surface area contributed by atoms with Gasteiger partial charge in [-0.05, 0) is 12.8 Å². The minimum Gasteiger partial charge on any atom is -0.481 e. The van der Waals surface area contributed by atoms with Crippen molar-refractivity contribution in [3.8, 4) is 0 Å². The van der Waals surface area contributed by atoms with Gasteiger partial charge < -0.3 is 24.9 Å². The maximum Gasteiger partial charge on any atom is 0.306 e. The van der Waals surface area contributed by atoms with E-state index >= 15 is 0 Å². The van der Waals surface area contributed by atoms with Crippen molar-refractivity contribution in [1.82, 2.24) is 15.3 Å². The van der Waals surface area contributed by atoms with Gasteiger partial charge in [0.2, 0.25) is 5.91 Å². The molecule has 56 heavy (non-hydrogen) atoms. The van der Waals surface area contributed by atoms with Crippen LogP contribution in [0.15, 0.2) is 12.5 Å². The molecule has 1 amide bonds. The number of carboxylic acid groups (broad SMARTS) is 1. The van der Waals surface area contributed by atoms with Gasteiger partial charge in [-0.3, -0.25) is 19.2 Å². The van der Waals surface area contributed by atoms with Gasteiger partial charge in [0.05, 0.1) is 30.7 Å². The van der Waals surface area contributed by atoms with Crippen LogP contribution in [-0.2, 0) is 38.4 Å². The number of nitrogens with one attached hydrogen (secondary N) is 2. The normalized spacial score (nSPS) is 12.3. The van der Waals surface area contributed by atoms with Crippen molar-refractivity contribution in [3.05, 3.63) is 18.2 Å². The van der Waals surface area contributed by atoms with Gasteiger partial charge in [-0.15, -0.1) is 0 Å². The Kier molecular flexibility index (Phi) is 34.2. The summed E-state index contributed by atoms with van der Waals surface area (Å²) in [5.41, 5.74) is 0.542.